The Hall–Kier alpha value is 0.237. The Kier molecular flexibility index (Phi) is 4.76. The largest absolute Gasteiger partial charge is 0.291 e. The first-order valence-corrected chi connectivity index (χ1v) is 12.4. The van der Waals surface area contributed by atoms with Crippen LogP contribution in [0.3, 0.4) is 0 Å². The molecule has 2 fully saturated rings. The van der Waals surface area contributed by atoms with E-state index in [1.807, 2.05) is 0 Å². The number of rotatable bonds is 3. The summed E-state index contributed by atoms with van der Waals surface area (Å²) in [7, 11) is -0.957. The summed E-state index contributed by atoms with van der Waals surface area (Å²) in [6.07, 6.45) is 10.9. The summed E-state index contributed by atoms with van der Waals surface area (Å²) in [6.45, 7) is 7.42. The van der Waals surface area contributed by atoms with Crippen molar-refractivity contribution in [2.75, 3.05) is 0 Å². The van der Waals surface area contributed by atoms with Gasteiger partial charge in [0.25, 0.3) is 0 Å². The Labute approximate surface area is 112 Å². The Morgan fingerprint density at radius 3 is 2.41 bits per heavy atom. The molecule has 0 aliphatic heterocycles. The lowest BCUT2D eigenvalue weighted by atomic mass is 9.97. The van der Waals surface area contributed by atoms with Crippen molar-refractivity contribution in [3.8, 4) is 0 Å². The zero-order valence-electron chi connectivity index (χ0n) is 11.7. The van der Waals surface area contributed by atoms with Crippen molar-refractivity contribution >= 4 is 24.1 Å². The zero-order chi connectivity index (χ0) is 12.3. The molecular formula is C14H27NSSi. The summed E-state index contributed by atoms with van der Waals surface area (Å²) < 4.78 is 0. The Balaban J connectivity index is 1.87. The van der Waals surface area contributed by atoms with Crippen LogP contribution in [0.5, 0.6) is 0 Å². The van der Waals surface area contributed by atoms with Crippen molar-refractivity contribution in [2.24, 2.45) is 4.99 Å². The van der Waals surface area contributed by atoms with Gasteiger partial charge in [0.2, 0.25) is 0 Å². The third-order valence-corrected chi connectivity index (χ3v) is 8.23. The van der Waals surface area contributed by atoms with E-state index in [1.54, 1.807) is 5.71 Å². The molecule has 0 aromatic heterocycles. The monoisotopic (exact) mass is 269 g/mol. The van der Waals surface area contributed by atoms with E-state index in [1.165, 1.54) is 51.4 Å². The van der Waals surface area contributed by atoms with Gasteiger partial charge in [-0.2, -0.15) is 11.2 Å². The third-order valence-electron chi connectivity index (χ3n) is 3.66. The van der Waals surface area contributed by atoms with E-state index < -0.39 is 7.22 Å². The van der Waals surface area contributed by atoms with E-state index >= 15 is 0 Å². The minimum Gasteiger partial charge on any atom is -0.291 e. The van der Waals surface area contributed by atoms with Crippen LogP contribution in [0.4, 0.5) is 0 Å². The van der Waals surface area contributed by atoms with E-state index in [0.717, 1.165) is 5.25 Å². The summed E-state index contributed by atoms with van der Waals surface area (Å²) >= 11 is 2.30. The summed E-state index contributed by atoms with van der Waals surface area (Å²) in [5, 5.41) is 0.885. The molecule has 3 heteroatoms. The molecule has 17 heavy (non-hydrogen) atoms. The molecule has 2 saturated carbocycles. The maximum Gasteiger partial charge on any atom is 0.108 e. The number of nitrogens with zero attached hydrogens (tertiary/aromatic N) is 1. The first kappa shape index (κ1) is 13.7. The van der Waals surface area contributed by atoms with E-state index in [2.05, 4.69) is 30.9 Å². The van der Waals surface area contributed by atoms with Crippen molar-refractivity contribution in [3.63, 3.8) is 0 Å². The first-order valence-electron chi connectivity index (χ1n) is 7.26. The standard InChI is InChI=1S/C14H27NSSi/c1-17(2,3)16-14-10-6-9-13(11-14)15-12-7-4-5-8-12/h12,14H,4-11H2,1-3H3. The summed E-state index contributed by atoms with van der Waals surface area (Å²) in [6, 6.07) is 0.695. The molecule has 2 aliphatic carbocycles. The molecule has 2 rings (SSSR count). The van der Waals surface area contributed by atoms with Crippen LogP contribution >= 0.6 is 11.2 Å². The van der Waals surface area contributed by atoms with Gasteiger partial charge in [-0.05, 0) is 38.5 Å². The van der Waals surface area contributed by atoms with Crippen molar-refractivity contribution in [3.05, 3.63) is 0 Å². The van der Waals surface area contributed by atoms with Gasteiger partial charge < -0.3 is 0 Å². The van der Waals surface area contributed by atoms with Gasteiger partial charge in [-0.3, -0.25) is 4.99 Å². The minimum atomic E-state index is -0.957. The highest BCUT2D eigenvalue weighted by molar-refractivity contribution is 8.29. The van der Waals surface area contributed by atoms with E-state index in [4.69, 9.17) is 4.99 Å². The smallest absolute Gasteiger partial charge is 0.108 e. The molecule has 1 unspecified atom stereocenters. The SMILES string of the molecule is C[Si](C)(C)SC1CCCC(=NC2CCCC2)C1. The highest BCUT2D eigenvalue weighted by atomic mass is 32.4. The van der Waals surface area contributed by atoms with Gasteiger partial charge in [-0.1, -0.05) is 32.5 Å². The number of aliphatic imine (C=N–C) groups is 1. The molecule has 0 N–H and O–H groups in total. The highest BCUT2D eigenvalue weighted by Crippen LogP contribution is 2.34. The molecule has 98 valence electrons. The molecule has 0 aromatic rings. The molecule has 0 radical (unpaired) electrons. The fourth-order valence-electron chi connectivity index (χ4n) is 3.01. The number of hydrogen-bond donors (Lipinski definition) is 0. The van der Waals surface area contributed by atoms with Crippen LogP contribution in [-0.2, 0) is 0 Å². The van der Waals surface area contributed by atoms with Crippen LogP contribution in [0.1, 0.15) is 51.4 Å². The van der Waals surface area contributed by atoms with Crippen LogP contribution in [0.2, 0.25) is 19.6 Å². The number of hydrogen-bond acceptors (Lipinski definition) is 2. The molecule has 0 bridgehead atoms. The van der Waals surface area contributed by atoms with E-state index in [-0.39, 0.29) is 0 Å². The average molecular weight is 270 g/mol. The molecule has 0 saturated heterocycles. The van der Waals surface area contributed by atoms with Gasteiger partial charge in [0.15, 0.2) is 0 Å². The van der Waals surface area contributed by atoms with Gasteiger partial charge in [0, 0.05) is 17.0 Å². The van der Waals surface area contributed by atoms with Crippen molar-refractivity contribution in [1.29, 1.82) is 0 Å². The lowest BCUT2D eigenvalue weighted by molar-refractivity contribution is 0.652. The molecule has 1 nitrogen and oxygen atoms in total. The predicted octanol–water partition coefficient (Wildman–Crippen LogP) is 4.88. The molecular weight excluding hydrogens is 242 g/mol. The summed E-state index contributed by atoms with van der Waals surface area (Å²) in [5.74, 6) is 0. The first-order chi connectivity index (χ1) is 8.03. The fraction of sp³-hybridized carbons (Fsp3) is 0.929. The topological polar surface area (TPSA) is 12.4 Å². The second kappa shape index (κ2) is 5.92. The highest BCUT2D eigenvalue weighted by Gasteiger charge is 2.25. The lowest BCUT2D eigenvalue weighted by Gasteiger charge is -2.28. The molecule has 2 aliphatic rings. The summed E-state index contributed by atoms with van der Waals surface area (Å²) in [5.41, 5.74) is 1.55. The van der Waals surface area contributed by atoms with Crippen molar-refractivity contribution < 1.29 is 0 Å². The third kappa shape index (κ3) is 4.78. The summed E-state index contributed by atoms with van der Waals surface area (Å²) in [4.78, 5) is 5.03. The Bertz CT molecular complexity index is 276. The van der Waals surface area contributed by atoms with Gasteiger partial charge >= 0.3 is 0 Å². The predicted molar refractivity (Wildman–Crippen MR) is 82.9 cm³/mol. The van der Waals surface area contributed by atoms with E-state index in [0.29, 0.717) is 6.04 Å². The zero-order valence-corrected chi connectivity index (χ0v) is 13.5. The Morgan fingerprint density at radius 1 is 1.06 bits per heavy atom. The van der Waals surface area contributed by atoms with Crippen LogP contribution in [-0.4, -0.2) is 24.2 Å². The van der Waals surface area contributed by atoms with E-state index in [9.17, 15) is 0 Å². The molecule has 0 heterocycles. The van der Waals surface area contributed by atoms with Gasteiger partial charge in [0.1, 0.15) is 7.22 Å². The average Bonchev–Trinajstić information content (AvgIpc) is 2.68. The maximum atomic E-state index is 5.03. The van der Waals surface area contributed by atoms with Crippen molar-refractivity contribution in [2.45, 2.75) is 82.3 Å². The van der Waals surface area contributed by atoms with Crippen LogP contribution in [0, 0.1) is 0 Å². The van der Waals surface area contributed by atoms with Crippen LogP contribution < -0.4 is 0 Å². The Morgan fingerprint density at radius 2 is 1.76 bits per heavy atom. The lowest BCUT2D eigenvalue weighted by Crippen LogP contribution is -2.26. The maximum absolute atomic E-state index is 5.03. The molecule has 0 amide bonds. The normalized spacial score (nSPS) is 30.1. The minimum absolute atomic E-state index is 0.695. The second-order valence-corrected chi connectivity index (χ2v) is 16.1. The van der Waals surface area contributed by atoms with Crippen LogP contribution in [0.25, 0.3) is 0 Å². The van der Waals surface area contributed by atoms with Gasteiger partial charge in [-0.15, -0.1) is 0 Å². The van der Waals surface area contributed by atoms with Crippen LogP contribution in [0.15, 0.2) is 4.99 Å². The fourth-order valence-corrected chi connectivity index (χ4v) is 8.17. The quantitative estimate of drug-likeness (QED) is 0.665. The molecule has 0 aromatic carbocycles. The van der Waals surface area contributed by atoms with Crippen molar-refractivity contribution in [1.82, 2.24) is 0 Å². The van der Waals surface area contributed by atoms with Gasteiger partial charge in [0.05, 0.1) is 0 Å². The van der Waals surface area contributed by atoms with Gasteiger partial charge in [-0.25, -0.2) is 0 Å². The molecule has 0 spiro atoms. The molecule has 1 atom stereocenters. The second-order valence-electron chi connectivity index (χ2n) is 6.58.